The second-order valence-electron chi connectivity index (χ2n) is 6.20. The molecule has 0 heterocycles. The lowest BCUT2D eigenvalue weighted by molar-refractivity contribution is -0.160. The van der Waals surface area contributed by atoms with Crippen molar-refractivity contribution >= 4 is 5.97 Å². The lowest BCUT2D eigenvalue weighted by Crippen LogP contribution is -2.42. The van der Waals surface area contributed by atoms with Crippen LogP contribution in [0.25, 0.3) is 0 Å². The molecular formula is C14H20O3. The molecule has 94 valence electrons. The van der Waals surface area contributed by atoms with Crippen molar-refractivity contribution in [1.82, 2.24) is 0 Å². The van der Waals surface area contributed by atoms with Crippen LogP contribution in [0.1, 0.15) is 32.6 Å². The van der Waals surface area contributed by atoms with Crippen molar-refractivity contribution in [2.45, 2.75) is 44.3 Å². The second-order valence-corrected chi connectivity index (χ2v) is 6.20. The molecule has 3 fully saturated rings. The van der Waals surface area contributed by atoms with Gasteiger partial charge in [0.15, 0.2) is 0 Å². The Morgan fingerprint density at radius 3 is 2.82 bits per heavy atom. The minimum atomic E-state index is -0.318. The van der Waals surface area contributed by atoms with Crippen LogP contribution in [0.2, 0.25) is 0 Å². The summed E-state index contributed by atoms with van der Waals surface area (Å²) in [4.78, 5) is 11.4. The van der Waals surface area contributed by atoms with Crippen LogP contribution in [0, 0.1) is 23.7 Å². The minimum Gasteiger partial charge on any atom is -0.456 e. The lowest BCUT2D eigenvalue weighted by Gasteiger charge is -2.39. The van der Waals surface area contributed by atoms with Crippen molar-refractivity contribution in [3.63, 3.8) is 0 Å². The van der Waals surface area contributed by atoms with Gasteiger partial charge in [-0.2, -0.15) is 0 Å². The number of esters is 1. The Hall–Kier alpha value is -0.830. The molecule has 3 heteroatoms. The van der Waals surface area contributed by atoms with E-state index in [-0.39, 0.29) is 17.7 Å². The van der Waals surface area contributed by atoms with Gasteiger partial charge in [0.1, 0.15) is 5.60 Å². The molecule has 3 saturated carbocycles. The molecule has 0 spiro atoms. The number of aliphatic hydroxyl groups is 1. The predicted molar refractivity (Wildman–Crippen MR) is 63.1 cm³/mol. The summed E-state index contributed by atoms with van der Waals surface area (Å²) in [7, 11) is 0. The fraction of sp³-hybridized carbons (Fsp3) is 0.786. The smallest absolute Gasteiger partial charge is 0.330 e. The maximum Gasteiger partial charge on any atom is 0.330 e. The molecule has 3 aliphatic carbocycles. The van der Waals surface area contributed by atoms with Gasteiger partial charge in [0.25, 0.3) is 0 Å². The molecule has 3 rings (SSSR count). The Bertz CT molecular complexity index is 364. The second kappa shape index (κ2) is 3.58. The molecular weight excluding hydrogens is 216 g/mol. The summed E-state index contributed by atoms with van der Waals surface area (Å²) in [6.07, 6.45) is 5.10. The molecule has 17 heavy (non-hydrogen) atoms. The number of rotatable bonds is 2. The van der Waals surface area contributed by atoms with Crippen LogP contribution in [0.3, 0.4) is 0 Å². The molecule has 0 aromatic rings. The molecule has 0 aliphatic heterocycles. The molecule has 0 radical (unpaired) electrons. The fourth-order valence-electron chi connectivity index (χ4n) is 4.75. The van der Waals surface area contributed by atoms with Crippen molar-refractivity contribution in [3.8, 4) is 0 Å². The molecule has 3 nitrogen and oxygen atoms in total. The molecule has 0 aromatic carbocycles. The van der Waals surface area contributed by atoms with Crippen LogP contribution >= 0.6 is 0 Å². The van der Waals surface area contributed by atoms with Gasteiger partial charge in [-0.15, -0.1) is 0 Å². The van der Waals surface area contributed by atoms with Gasteiger partial charge >= 0.3 is 5.97 Å². The Morgan fingerprint density at radius 2 is 2.12 bits per heavy atom. The first-order valence-electron chi connectivity index (χ1n) is 6.57. The van der Waals surface area contributed by atoms with E-state index in [9.17, 15) is 9.90 Å². The summed E-state index contributed by atoms with van der Waals surface area (Å²) < 4.78 is 5.59. The van der Waals surface area contributed by atoms with E-state index in [2.05, 4.69) is 13.5 Å². The van der Waals surface area contributed by atoms with Crippen LogP contribution in [-0.4, -0.2) is 22.8 Å². The summed E-state index contributed by atoms with van der Waals surface area (Å²) in [5.74, 6) is 2.01. The highest BCUT2D eigenvalue weighted by Crippen LogP contribution is 2.63. The van der Waals surface area contributed by atoms with Crippen LogP contribution in [0.15, 0.2) is 12.7 Å². The summed E-state index contributed by atoms with van der Waals surface area (Å²) >= 11 is 0. The van der Waals surface area contributed by atoms with E-state index in [0.717, 1.165) is 19.3 Å². The number of fused-ring (bicyclic) bond motifs is 5. The van der Waals surface area contributed by atoms with Gasteiger partial charge in [0, 0.05) is 12.0 Å². The Morgan fingerprint density at radius 1 is 1.41 bits per heavy atom. The number of carbonyl (C=O) groups is 1. The minimum absolute atomic E-state index is 0.132. The average Bonchev–Trinajstić information content (AvgIpc) is 2.86. The Labute approximate surface area is 102 Å². The summed E-state index contributed by atoms with van der Waals surface area (Å²) in [6.45, 7) is 5.52. The van der Waals surface area contributed by atoms with E-state index >= 15 is 0 Å². The normalized spacial score (nSPS) is 51.3. The molecule has 3 aliphatic rings. The number of hydrogen-bond acceptors (Lipinski definition) is 3. The fourth-order valence-corrected chi connectivity index (χ4v) is 4.75. The van der Waals surface area contributed by atoms with Gasteiger partial charge in [-0.05, 0) is 50.4 Å². The van der Waals surface area contributed by atoms with E-state index in [1.807, 2.05) is 0 Å². The van der Waals surface area contributed by atoms with Crippen LogP contribution in [0.4, 0.5) is 0 Å². The number of carbonyl (C=O) groups excluding carboxylic acids is 1. The summed E-state index contributed by atoms with van der Waals surface area (Å²) in [5, 5.41) is 9.77. The highest BCUT2D eigenvalue weighted by Gasteiger charge is 2.62. The van der Waals surface area contributed by atoms with E-state index in [1.54, 1.807) is 0 Å². The number of ether oxygens (including phenoxy) is 1. The molecule has 0 amide bonds. The quantitative estimate of drug-likeness (QED) is 0.588. The topological polar surface area (TPSA) is 46.5 Å². The molecule has 0 saturated heterocycles. The zero-order valence-corrected chi connectivity index (χ0v) is 10.3. The van der Waals surface area contributed by atoms with Crippen LogP contribution in [0.5, 0.6) is 0 Å². The average molecular weight is 236 g/mol. The van der Waals surface area contributed by atoms with Gasteiger partial charge in [-0.1, -0.05) is 6.58 Å². The Kier molecular flexibility index (Phi) is 2.37. The van der Waals surface area contributed by atoms with E-state index < -0.39 is 0 Å². The van der Waals surface area contributed by atoms with Crippen molar-refractivity contribution in [1.29, 1.82) is 0 Å². The van der Waals surface area contributed by atoms with Gasteiger partial charge < -0.3 is 9.84 Å². The Balaban J connectivity index is 1.79. The molecule has 6 atom stereocenters. The predicted octanol–water partition coefficient (Wildman–Crippen LogP) is 1.90. The van der Waals surface area contributed by atoms with Gasteiger partial charge in [-0.3, -0.25) is 0 Å². The maximum atomic E-state index is 11.4. The monoisotopic (exact) mass is 236 g/mol. The van der Waals surface area contributed by atoms with E-state index in [1.165, 1.54) is 12.5 Å². The van der Waals surface area contributed by atoms with Crippen LogP contribution in [-0.2, 0) is 9.53 Å². The zero-order valence-electron chi connectivity index (χ0n) is 10.3. The first-order chi connectivity index (χ1) is 8.03. The number of aliphatic hydroxyl groups excluding tert-OH is 1. The third kappa shape index (κ3) is 1.55. The van der Waals surface area contributed by atoms with Crippen molar-refractivity contribution in [2.75, 3.05) is 0 Å². The number of hydrogen-bond donors (Lipinski definition) is 1. The van der Waals surface area contributed by atoms with Gasteiger partial charge in [0.2, 0.25) is 0 Å². The third-order valence-corrected chi connectivity index (χ3v) is 5.27. The summed E-state index contributed by atoms with van der Waals surface area (Å²) in [5.41, 5.74) is -0.318. The largest absolute Gasteiger partial charge is 0.456 e. The van der Waals surface area contributed by atoms with E-state index in [0.29, 0.717) is 23.7 Å². The standard InChI is InChI=1S/C14H20O3/c1-3-13(16)17-14(2)7-8-4-12(14)11-6-9(15)5-10(8)11/h3,8-12,15H,1,4-7H2,2H3. The third-order valence-electron chi connectivity index (χ3n) is 5.27. The first-order valence-corrected chi connectivity index (χ1v) is 6.57. The van der Waals surface area contributed by atoms with Crippen molar-refractivity contribution in [2.24, 2.45) is 23.7 Å². The maximum absolute atomic E-state index is 11.4. The highest BCUT2D eigenvalue weighted by atomic mass is 16.6. The molecule has 1 N–H and O–H groups in total. The first kappa shape index (κ1) is 11.3. The lowest BCUT2D eigenvalue weighted by atomic mass is 9.73. The van der Waals surface area contributed by atoms with Crippen molar-refractivity contribution < 1.29 is 14.6 Å². The molecule has 6 unspecified atom stereocenters. The highest BCUT2D eigenvalue weighted by molar-refractivity contribution is 5.81. The van der Waals surface area contributed by atoms with Gasteiger partial charge in [-0.25, -0.2) is 4.79 Å². The van der Waals surface area contributed by atoms with Crippen molar-refractivity contribution in [3.05, 3.63) is 12.7 Å². The zero-order chi connectivity index (χ0) is 12.2. The molecule has 0 aromatic heterocycles. The van der Waals surface area contributed by atoms with Crippen LogP contribution < -0.4 is 0 Å². The molecule has 2 bridgehead atoms. The van der Waals surface area contributed by atoms with Gasteiger partial charge in [0.05, 0.1) is 6.10 Å². The summed E-state index contributed by atoms with van der Waals surface area (Å²) in [6, 6.07) is 0. The SMILES string of the molecule is C=CC(=O)OC1(C)CC2CC1C1CC(O)CC21. The van der Waals surface area contributed by atoms with E-state index in [4.69, 9.17) is 4.74 Å².